The molecule has 4 heteroatoms. The van der Waals surface area contributed by atoms with Gasteiger partial charge in [0.1, 0.15) is 6.67 Å². The van der Waals surface area contributed by atoms with E-state index in [1.54, 1.807) is 0 Å². The van der Waals surface area contributed by atoms with Crippen molar-refractivity contribution in [1.82, 2.24) is 0 Å². The Morgan fingerprint density at radius 2 is 1.33 bits per heavy atom. The number of hydrogen-bond donors (Lipinski definition) is 0. The molecule has 0 spiro atoms. The lowest BCUT2D eigenvalue weighted by atomic mass is 10.7. The highest BCUT2D eigenvalue weighted by Gasteiger charge is 1.89. The predicted octanol–water partition coefficient (Wildman–Crippen LogP) is 1.03. The Hall–Kier alpha value is -0.190. The minimum absolute atomic E-state index is 0.162. The largest absolute Gasteiger partial charge is 0.379 e. The van der Waals surface area contributed by atoms with Crippen LogP contribution in [0, 0.1) is 0 Å². The summed E-state index contributed by atoms with van der Waals surface area (Å²) in [6.45, 7) is 4.52. The van der Waals surface area contributed by atoms with E-state index in [-0.39, 0.29) is 6.61 Å². The molecule has 3 nitrogen and oxygen atoms in total. The van der Waals surface area contributed by atoms with E-state index < -0.39 is 6.67 Å². The van der Waals surface area contributed by atoms with E-state index in [0.29, 0.717) is 33.0 Å². The molecule has 0 saturated carbocycles. The molecule has 0 aliphatic rings. The second kappa shape index (κ2) is 10.8. The molecule has 0 aromatic rings. The third kappa shape index (κ3) is 9.81. The van der Waals surface area contributed by atoms with Crippen LogP contribution < -0.4 is 0 Å². The third-order valence-electron chi connectivity index (χ3n) is 1.17. The van der Waals surface area contributed by atoms with Crippen molar-refractivity contribution in [3.63, 3.8) is 0 Å². The lowest BCUT2D eigenvalue weighted by Crippen LogP contribution is -2.10. The lowest BCUT2D eigenvalue weighted by Gasteiger charge is -2.04. The van der Waals surface area contributed by atoms with Crippen LogP contribution in [0.2, 0.25) is 0 Å². The molecule has 0 bridgehead atoms. The van der Waals surface area contributed by atoms with E-state index >= 15 is 0 Å². The number of hydrogen-bond acceptors (Lipinski definition) is 3. The van der Waals surface area contributed by atoms with Crippen molar-refractivity contribution in [2.24, 2.45) is 0 Å². The molecule has 0 aliphatic carbocycles. The number of halogens is 1. The maximum atomic E-state index is 11.5. The summed E-state index contributed by atoms with van der Waals surface area (Å²) in [6.07, 6.45) is 0. The summed E-state index contributed by atoms with van der Waals surface area (Å²) in [5, 5.41) is 0. The fourth-order valence-electron chi connectivity index (χ4n) is 0.639. The highest BCUT2D eigenvalue weighted by molar-refractivity contribution is 4.32. The molecule has 0 aliphatic heterocycles. The molecule has 12 heavy (non-hydrogen) atoms. The first-order valence-electron chi connectivity index (χ1n) is 4.21. The van der Waals surface area contributed by atoms with E-state index in [4.69, 9.17) is 14.2 Å². The molecule has 0 aromatic carbocycles. The Morgan fingerprint density at radius 3 is 1.83 bits per heavy atom. The van der Waals surface area contributed by atoms with Crippen molar-refractivity contribution in [1.29, 1.82) is 0 Å². The van der Waals surface area contributed by atoms with Crippen molar-refractivity contribution >= 4 is 0 Å². The Balaban J connectivity index is 2.73. The second-order valence-electron chi connectivity index (χ2n) is 2.11. The average molecular weight is 180 g/mol. The van der Waals surface area contributed by atoms with E-state index in [9.17, 15) is 4.39 Å². The van der Waals surface area contributed by atoms with Gasteiger partial charge in [-0.15, -0.1) is 0 Å². The summed E-state index contributed by atoms with van der Waals surface area (Å²) in [6, 6.07) is 0. The van der Waals surface area contributed by atoms with Gasteiger partial charge in [0.25, 0.3) is 0 Å². The smallest absolute Gasteiger partial charge is 0.113 e. The molecule has 0 rings (SSSR count). The molecule has 0 unspecified atom stereocenters. The van der Waals surface area contributed by atoms with Gasteiger partial charge >= 0.3 is 0 Å². The highest BCUT2D eigenvalue weighted by Crippen LogP contribution is 1.80. The van der Waals surface area contributed by atoms with Gasteiger partial charge in [0.05, 0.1) is 33.0 Å². The molecule has 0 aromatic heterocycles. The Morgan fingerprint density at radius 1 is 0.833 bits per heavy atom. The zero-order valence-corrected chi connectivity index (χ0v) is 7.55. The summed E-state index contributed by atoms with van der Waals surface area (Å²) >= 11 is 0. The van der Waals surface area contributed by atoms with Gasteiger partial charge in [-0.2, -0.15) is 0 Å². The highest BCUT2D eigenvalue weighted by atomic mass is 19.1. The van der Waals surface area contributed by atoms with Crippen molar-refractivity contribution in [3.05, 3.63) is 0 Å². The van der Waals surface area contributed by atoms with E-state index in [2.05, 4.69) is 0 Å². The van der Waals surface area contributed by atoms with Crippen molar-refractivity contribution in [3.8, 4) is 0 Å². The fourth-order valence-corrected chi connectivity index (χ4v) is 0.639. The van der Waals surface area contributed by atoms with Crippen LogP contribution in [0.3, 0.4) is 0 Å². The van der Waals surface area contributed by atoms with Crippen molar-refractivity contribution in [2.75, 3.05) is 46.3 Å². The number of alkyl halides is 1. The van der Waals surface area contributed by atoms with Crippen molar-refractivity contribution < 1.29 is 18.6 Å². The Kier molecular flexibility index (Phi) is 10.6. The molecule has 0 N–H and O–H groups in total. The average Bonchev–Trinajstić information content (AvgIpc) is 2.10. The molecular weight excluding hydrogens is 163 g/mol. The Bertz CT molecular complexity index is 70.7. The van der Waals surface area contributed by atoms with Crippen LogP contribution in [0.1, 0.15) is 6.92 Å². The van der Waals surface area contributed by atoms with Crippen LogP contribution in [0.15, 0.2) is 0 Å². The third-order valence-corrected chi connectivity index (χ3v) is 1.17. The SMILES string of the molecule is CCOCCOCCOCCF. The van der Waals surface area contributed by atoms with Crippen LogP contribution in [-0.2, 0) is 14.2 Å². The lowest BCUT2D eigenvalue weighted by molar-refractivity contribution is 0.0146. The number of rotatable bonds is 9. The quantitative estimate of drug-likeness (QED) is 0.496. The summed E-state index contributed by atoms with van der Waals surface area (Å²) in [4.78, 5) is 0. The minimum Gasteiger partial charge on any atom is -0.379 e. The first kappa shape index (κ1) is 11.8. The topological polar surface area (TPSA) is 27.7 Å². The zero-order valence-electron chi connectivity index (χ0n) is 7.55. The van der Waals surface area contributed by atoms with E-state index in [1.807, 2.05) is 6.92 Å². The molecule has 0 atom stereocenters. The van der Waals surface area contributed by atoms with E-state index in [1.165, 1.54) is 0 Å². The van der Waals surface area contributed by atoms with Crippen LogP contribution in [0.5, 0.6) is 0 Å². The maximum Gasteiger partial charge on any atom is 0.113 e. The minimum atomic E-state index is -0.432. The monoisotopic (exact) mass is 180 g/mol. The zero-order chi connectivity index (χ0) is 9.07. The normalized spacial score (nSPS) is 10.5. The van der Waals surface area contributed by atoms with Crippen LogP contribution in [-0.4, -0.2) is 46.3 Å². The molecule has 0 amide bonds. The summed E-state index contributed by atoms with van der Waals surface area (Å²) in [5.74, 6) is 0. The summed E-state index contributed by atoms with van der Waals surface area (Å²) in [5.41, 5.74) is 0. The van der Waals surface area contributed by atoms with Gasteiger partial charge in [0.15, 0.2) is 0 Å². The van der Waals surface area contributed by atoms with Crippen molar-refractivity contribution in [2.45, 2.75) is 6.92 Å². The standard InChI is InChI=1S/C8H17FO3/c1-2-10-5-6-12-8-7-11-4-3-9/h2-8H2,1H3. The van der Waals surface area contributed by atoms with Crippen LogP contribution in [0.25, 0.3) is 0 Å². The first-order chi connectivity index (χ1) is 5.91. The maximum absolute atomic E-state index is 11.5. The van der Waals surface area contributed by atoms with Gasteiger partial charge in [-0.25, -0.2) is 4.39 Å². The molecular formula is C8H17FO3. The predicted molar refractivity (Wildman–Crippen MR) is 44.1 cm³/mol. The van der Waals surface area contributed by atoms with Gasteiger partial charge in [0.2, 0.25) is 0 Å². The molecule has 0 saturated heterocycles. The second-order valence-corrected chi connectivity index (χ2v) is 2.11. The number of ether oxygens (including phenoxy) is 3. The molecule has 0 fully saturated rings. The molecule has 74 valence electrons. The molecule has 0 radical (unpaired) electrons. The fraction of sp³-hybridized carbons (Fsp3) is 1.00. The van der Waals surface area contributed by atoms with Gasteiger partial charge in [-0.3, -0.25) is 0 Å². The van der Waals surface area contributed by atoms with Gasteiger partial charge in [-0.1, -0.05) is 0 Å². The first-order valence-corrected chi connectivity index (χ1v) is 4.21. The van der Waals surface area contributed by atoms with Gasteiger partial charge in [0, 0.05) is 6.61 Å². The van der Waals surface area contributed by atoms with Crippen LogP contribution >= 0.6 is 0 Å². The van der Waals surface area contributed by atoms with Gasteiger partial charge < -0.3 is 14.2 Å². The molecule has 0 heterocycles. The van der Waals surface area contributed by atoms with Gasteiger partial charge in [-0.05, 0) is 6.92 Å². The van der Waals surface area contributed by atoms with Crippen LogP contribution in [0.4, 0.5) is 4.39 Å². The summed E-state index contributed by atoms with van der Waals surface area (Å²) in [7, 11) is 0. The Labute approximate surface area is 72.8 Å². The van der Waals surface area contributed by atoms with E-state index in [0.717, 1.165) is 0 Å². The summed E-state index contributed by atoms with van der Waals surface area (Å²) < 4.78 is 26.5.